The van der Waals surface area contributed by atoms with Crippen LogP contribution in [0.2, 0.25) is 0 Å². The Morgan fingerprint density at radius 2 is 1.89 bits per heavy atom. The SMILES string of the molecule is CC(Nc1nc(NN)c(F)cc1F)C1CCCC1. The molecule has 0 radical (unpaired) electrons. The highest BCUT2D eigenvalue weighted by atomic mass is 19.1. The Balaban J connectivity index is 2.12. The summed E-state index contributed by atoms with van der Waals surface area (Å²) in [6, 6.07) is 0.900. The second-order valence-electron chi connectivity index (χ2n) is 4.77. The Morgan fingerprint density at radius 3 is 2.50 bits per heavy atom. The van der Waals surface area contributed by atoms with E-state index in [-0.39, 0.29) is 17.7 Å². The average molecular weight is 256 g/mol. The molecular formula is C12H18F2N4. The van der Waals surface area contributed by atoms with Gasteiger partial charge in [-0.25, -0.2) is 19.6 Å². The van der Waals surface area contributed by atoms with Crippen LogP contribution in [0.25, 0.3) is 0 Å². The van der Waals surface area contributed by atoms with Crippen LogP contribution in [0.5, 0.6) is 0 Å². The number of nitrogens with two attached hydrogens (primary N) is 1. The molecule has 0 bridgehead atoms. The maximum absolute atomic E-state index is 13.6. The van der Waals surface area contributed by atoms with Crippen molar-refractivity contribution in [3.8, 4) is 0 Å². The van der Waals surface area contributed by atoms with Gasteiger partial charge in [0.2, 0.25) is 0 Å². The van der Waals surface area contributed by atoms with E-state index in [1.807, 2.05) is 6.92 Å². The van der Waals surface area contributed by atoms with Gasteiger partial charge in [-0.05, 0) is 25.7 Å². The van der Waals surface area contributed by atoms with Crippen molar-refractivity contribution in [3.05, 3.63) is 17.7 Å². The number of pyridine rings is 1. The van der Waals surface area contributed by atoms with Gasteiger partial charge >= 0.3 is 0 Å². The van der Waals surface area contributed by atoms with Gasteiger partial charge in [-0.1, -0.05) is 12.8 Å². The largest absolute Gasteiger partial charge is 0.365 e. The standard InChI is InChI=1S/C12H18F2N4/c1-7(8-4-2-3-5-8)16-11-9(13)6-10(14)12(17-11)18-15/h6-8H,2-5,15H2,1H3,(H2,16,17,18). The maximum Gasteiger partial charge on any atom is 0.178 e. The molecular weight excluding hydrogens is 238 g/mol. The number of anilines is 2. The van der Waals surface area contributed by atoms with Crippen LogP contribution in [0.4, 0.5) is 20.4 Å². The summed E-state index contributed by atoms with van der Waals surface area (Å²) in [5.41, 5.74) is 2.11. The zero-order valence-electron chi connectivity index (χ0n) is 10.3. The van der Waals surface area contributed by atoms with Gasteiger partial charge in [-0.2, -0.15) is 0 Å². The predicted octanol–water partition coefficient (Wildman–Crippen LogP) is 2.64. The van der Waals surface area contributed by atoms with E-state index in [9.17, 15) is 8.78 Å². The molecule has 6 heteroatoms. The zero-order chi connectivity index (χ0) is 13.1. The molecule has 1 fully saturated rings. The van der Waals surface area contributed by atoms with Crippen LogP contribution >= 0.6 is 0 Å². The van der Waals surface area contributed by atoms with E-state index < -0.39 is 11.6 Å². The highest BCUT2D eigenvalue weighted by Gasteiger charge is 2.23. The summed E-state index contributed by atoms with van der Waals surface area (Å²) in [5.74, 6) is 4.03. The van der Waals surface area contributed by atoms with Crippen molar-refractivity contribution in [1.29, 1.82) is 0 Å². The van der Waals surface area contributed by atoms with Crippen molar-refractivity contribution < 1.29 is 8.78 Å². The smallest absolute Gasteiger partial charge is 0.178 e. The topological polar surface area (TPSA) is 63.0 Å². The van der Waals surface area contributed by atoms with E-state index in [0.29, 0.717) is 5.92 Å². The molecule has 0 aromatic carbocycles. The summed E-state index contributed by atoms with van der Waals surface area (Å²) in [6.07, 6.45) is 4.70. The highest BCUT2D eigenvalue weighted by molar-refractivity contribution is 5.47. The second kappa shape index (κ2) is 5.48. The first-order valence-corrected chi connectivity index (χ1v) is 6.21. The van der Waals surface area contributed by atoms with Crippen LogP contribution in [0.15, 0.2) is 6.07 Å². The maximum atomic E-state index is 13.6. The van der Waals surface area contributed by atoms with Crippen molar-refractivity contribution in [2.45, 2.75) is 38.6 Å². The minimum absolute atomic E-state index is 0.0451. The van der Waals surface area contributed by atoms with Gasteiger partial charge in [0.05, 0.1) is 0 Å². The second-order valence-corrected chi connectivity index (χ2v) is 4.77. The minimum Gasteiger partial charge on any atom is -0.365 e. The molecule has 1 heterocycles. The zero-order valence-corrected chi connectivity index (χ0v) is 10.3. The number of hydrogen-bond acceptors (Lipinski definition) is 4. The van der Waals surface area contributed by atoms with E-state index in [2.05, 4.69) is 15.7 Å². The molecule has 0 spiro atoms. The van der Waals surface area contributed by atoms with Gasteiger partial charge < -0.3 is 10.7 Å². The van der Waals surface area contributed by atoms with Crippen molar-refractivity contribution in [2.24, 2.45) is 11.8 Å². The molecule has 1 aliphatic carbocycles. The van der Waals surface area contributed by atoms with Gasteiger partial charge in [-0.15, -0.1) is 0 Å². The van der Waals surface area contributed by atoms with Gasteiger partial charge in [0.15, 0.2) is 23.3 Å². The number of nitrogen functional groups attached to an aromatic ring is 1. The van der Waals surface area contributed by atoms with Crippen molar-refractivity contribution in [3.63, 3.8) is 0 Å². The Bertz CT molecular complexity index is 419. The molecule has 4 nitrogen and oxygen atoms in total. The van der Waals surface area contributed by atoms with Crippen LogP contribution < -0.4 is 16.6 Å². The minimum atomic E-state index is -0.797. The summed E-state index contributed by atoms with van der Waals surface area (Å²) < 4.78 is 26.8. The molecule has 1 unspecified atom stereocenters. The summed E-state index contributed by atoms with van der Waals surface area (Å²) in [7, 11) is 0. The number of rotatable bonds is 4. The first-order valence-electron chi connectivity index (χ1n) is 6.21. The molecule has 1 saturated carbocycles. The third-order valence-corrected chi connectivity index (χ3v) is 3.54. The normalized spacial score (nSPS) is 17.8. The average Bonchev–Trinajstić information content (AvgIpc) is 2.86. The Labute approximate surface area is 105 Å². The van der Waals surface area contributed by atoms with E-state index in [1.54, 1.807) is 0 Å². The Hall–Kier alpha value is -1.43. The fourth-order valence-corrected chi connectivity index (χ4v) is 2.46. The molecule has 1 aromatic heterocycles. The lowest BCUT2D eigenvalue weighted by Crippen LogP contribution is -2.25. The third kappa shape index (κ3) is 2.69. The molecule has 0 saturated heterocycles. The molecule has 0 aliphatic heterocycles. The lowest BCUT2D eigenvalue weighted by atomic mass is 10.00. The van der Waals surface area contributed by atoms with Crippen LogP contribution in [-0.2, 0) is 0 Å². The van der Waals surface area contributed by atoms with Gasteiger partial charge in [0, 0.05) is 12.1 Å². The predicted molar refractivity (Wildman–Crippen MR) is 67.0 cm³/mol. The number of nitrogens with zero attached hydrogens (tertiary/aromatic N) is 1. The van der Waals surface area contributed by atoms with Gasteiger partial charge in [0.25, 0.3) is 0 Å². The molecule has 100 valence electrons. The summed E-state index contributed by atoms with van der Waals surface area (Å²) in [4.78, 5) is 3.80. The summed E-state index contributed by atoms with van der Waals surface area (Å²) in [6.45, 7) is 2.00. The molecule has 4 N–H and O–H groups in total. The van der Waals surface area contributed by atoms with E-state index in [4.69, 9.17) is 5.84 Å². The third-order valence-electron chi connectivity index (χ3n) is 3.54. The van der Waals surface area contributed by atoms with Gasteiger partial charge in [-0.3, -0.25) is 0 Å². The van der Waals surface area contributed by atoms with Crippen molar-refractivity contribution in [2.75, 3.05) is 10.7 Å². The number of aromatic nitrogens is 1. The number of hydrogen-bond donors (Lipinski definition) is 3. The van der Waals surface area contributed by atoms with E-state index >= 15 is 0 Å². The lowest BCUT2D eigenvalue weighted by Gasteiger charge is -2.21. The van der Waals surface area contributed by atoms with Crippen molar-refractivity contribution >= 4 is 11.6 Å². The molecule has 0 amide bonds. The molecule has 18 heavy (non-hydrogen) atoms. The van der Waals surface area contributed by atoms with Crippen LogP contribution in [-0.4, -0.2) is 11.0 Å². The summed E-state index contributed by atoms with van der Waals surface area (Å²) in [5, 5.41) is 3.01. The van der Waals surface area contributed by atoms with E-state index in [1.165, 1.54) is 12.8 Å². The Kier molecular flexibility index (Phi) is 3.96. The van der Waals surface area contributed by atoms with E-state index in [0.717, 1.165) is 18.9 Å². The van der Waals surface area contributed by atoms with Crippen LogP contribution in [0, 0.1) is 17.6 Å². The number of halogens is 2. The lowest BCUT2D eigenvalue weighted by molar-refractivity contribution is 0.477. The first kappa shape index (κ1) is 13.0. The molecule has 2 rings (SSSR count). The molecule has 1 aromatic rings. The fraction of sp³-hybridized carbons (Fsp3) is 0.583. The fourth-order valence-electron chi connectivity index (χ4n) is 2.46. The van der Waals surface area contributed by atoms with Gasteiger partial charge in [0.1, 0.15) is 0 Å². The first-order chi connectivity index (χ1) is 8.61. The molecule has 1 atom stereocenters. The quantitative estimate of drug-likeness (QED) is 0.572. The van der Waals surface area contributed by atoms with Crippen LogP contribution in [0.1, 0.15) is 32.6 Å². The number of nitrogens with one attached hydrogen (secondary N) is 2. The Morgan fingerprint density at radius 1 is 1.28 bits per heavy atom. The number of hydrazine groups is 1. The summed E-state index contributed by atoms with van der Waals surface area (Å²) >= 11 is 0. The molecule has 1 aliphatic rings. The monoisotopic (exact) mass is 256 g/mol. The van der Waals surface area contributed by atoms with Crippen molar-refractivity contribution in [1.82, 2.24) is 4.98 Å². The highest BCUT2D eigenvalue weighted by Crippen LogP contribution is 2.29. The van der Waals surface area contributed by atoms with Crippen LogP contribution in [0.3, 0.4) is 0 Å².